The molecule has 146 heavy (non-hydrogen) atoms. The molecule has 0 N–H and O–H groups in total. The van der Waals surface area contributed by atoms with Crippen molar-refractivity contribution in [3.05, 3.63) is 388 Å². The molecule has 0 radical (unpaired) electrons. The first kappa shape index (κ1) is 91.6. The lowest BCUT2D eigenvalue weighted by Crippen LogP contribution is -2.48. The zero-order chi connectivity index (χ0) is 97.5. The van der Waals surface area contributed by atoms with Crippen LogP contribution in [-0.4, -0.2) is 0 Å². The summed E-state index contributed by atoms with van der Waals surface area (Å²) in [6, 6.07) is 125. The van der Waals surface area contributed by atoms with Gasteiger partial charge in [-0.2, -0.15) is 0 Å². The Morgan fingerprint density at radius 3 is 0.836 bits per heavy atom. The standard InChI is InChI=1S/C49H51N.2C47H49N/c1-48(2)46-28-39(37-11-7-4-8-12-37)15-23-44(46)45-24-22-43(29-47(45)48)50(41-18-13-38(14-19-41)36-9-5-3-6-10-36)42-20-16-40(17-21-42)49-30-33-25-34(31-49)27-35(26-33)32-49;1-46(2)43-26-36(34-9-4-3-5-10-34)15-21-41(43)42-22-20-39(27-44(42)46)48(45-14-8-12-35-11-6-7-13-40(35)45)38-18-16-37(17-19-38)47-28-31-23-32(29-47)25-33(24-31)30-47;1-46(2)44-26-37(34-8-4-3-5-9-34)13-20-42(44)43-21-19-41(27-45(43)46)48(40-16-12-35-10-6-7-11-36(35)25-40)39-17-14-38(15-18-39)47-28-31-22-32(29-47)24-33(23-31)30-47/h3,5-6,9-10,13-24,28-29,33-35,37H,4,7-8,11-12,25-27,30-32H2,1-2H3;6-8,11-22,26-27,31-34H,3-5,9-10,23-25,28-30H2,1-2H3;6-7,10-21,25-27,31-34H,3-5,8-9,22-24,28-30H2,1-2H3. The van der Waals surface area contributed by atoms with E-state index in [1.54, 1.807) is 33.4 Å². The van der Waals surface area contributed by atoms with Crippen molar-refractivity contribution in [1.29, 1.82) is 0 Å². The van der Waals surface area contributed by atoms with Crippen molar-refractivity contribution in [3.8, 4) is 44.5 Å². The quantitative estimate of drug-likeness (QED) is 0.0955. The number of hydrogen-bond acceptors (Lipinski definition) is 3. The second kappa shape index (κ2) is 36.0. The molecule has 15 saturated carbocycles. The van der Waals surface area contributed by atoms with Crippen LogP contribution in [0.1, 0.15) is 338 Å². The lowest BCUT2D eigenvalue weighted by molar-refractivity contribution is -0.00530. The summed E-state index contributed by atoms with van der Waals surface area (Å²) in [5.41, 5.74) is 41.7. The highest BCUT2D eigenvalue weighted by Gasteiger charge is 2.55. The van der Waals surface area contributed by atoms with E-state index in [2.05, 4.69) is 378 Å². The van der Waals surface area contributed by atoms with E-state index in [9.17, 15) is 0 Å². The summed E-state index contributed by atoms with van der Waals surface area (Å²) in [5.74, 6) is 10.8. The first-order valence-corrected chi connectivity index (χ1v) is 58.0. The van der Waals surface area contributed by atoms with Gasteiger partial charge in [-0.25, -0.2) is 0 Å². The number of fused-ring (bicyclic) bond motifs is 11. The SMILES string of the molecule is CC1(C)c2cc(C3CCCCC3)ccc2-c2ccc(N(c3ccc(-c4ccccc4)cc3)c3ccc(C45CC6CC(CC(C6)C4)C5)cc3)cc21.CC1(C)c2cc(C3CCCCC3)ccc2-c2ccc(N(c3ccc(C45CC6CC(CC(C6)C4)C5)cc3)c3ccc4ccccc4c3)cc21.CC1(C)c2cc(C3CCCCC3)ccc2-c2ccc(N(c3ccc(C45CC6CC(CC(C6)C4)C5)cc3)c3cccc4ccccc34)cc21. The Labute approximate surface area is 870 Å². The molecule has 15 aromatic rings. The summed E-state index contributed by atoms with van der Waals surface area (Å²) in [7, 11) is 0. The molecule has 736 valence electrons. The lowest BCUT2D eigenvalue weighted by Gasteiger charge is -2.57. The molecule has 3 nitrogen and oxygen atoms in total. The highest BCUT2D eigenvalue weighted by Crippen LogP contribution is 2.66. The molecule has 15 fully saturated rings. The van der Waals surface area contributed by atoms with Crippen molar-refractivity contribution in [3.63, 3.8) is 0 Å². The van der Waals surface area contributed by atoms with Gasteiger partial charge in [-0.3, -0.25) is 0 Å². The first-order valence-electron chi connectivity index (χ1n) is 58.0. The van der Waals surface area contributed by atoms with Gasteiger partial charge in [-0.05, 0) is 472 Å². The molecule has 0 aromatic heterocycles. The maximum Gasteiger partial charge on any atom is 0.0540 e. The molecule has 0 unspecified atom stereocenters. The normalized spacial score (nSPS) is 26.6. The second-order valence-electron chi connectivity index (χ2n) is 51.7. The Morgan fingerprint density at radius 1 is 0.199 bits per heavy atom. The van der Waals surface area contributed by atoms with Crippen molar-refractivity contribution in [2.45, 2.75) is 304 Å². The molecule has 18 aliphatic rings. The zero-order valence-electron chi connectivity index (χ0n) is 87.7. The fourth-order valence-corrected chi connectivity index (χ4v) is 35.5. The third-order valence-corrected chi connectivity index (χ3v) is 41.6. The van der Waals surface area contributed by atoms with Gasteiger partial charge in [-0.15, -0.1) is 0 Å². The van der Waals surface area contributed by atoms with Crippen molar-refractivity contribution >= 4 is 72.7 Å². The third kappa shape index (κ3) is 15.9. The molecule has 0 atom stereocenters. The van der Waals surface area contributed by atoms with Crippen LogP contribution in [0.15, 0.2) is 322 Å². The van der Waals surface area contributed by atoms with Crippen LogP contribution in [0.3, 0.4) is 0 Å². The molecular formula is C143H149N3. The molecular weight excluding hydrogens is 1760 g/mol. The average molecular weight is 1910 g/mol. The van der Waals surface area contributed by atoms with Gasteiger partial charge in [0, 0.05) is 67.1 Å². The van der Waals surface area contributed by atoms with Crippen LogP contribution >= 0.6 is 0 Å². The van der Waals surface area contributed by atoms with E-state index in [1.165, 1.54) is 363 Å². The van der Waals surface area contributed by atoms with Crippen LogP contribution in [0.4, 0.5) is 51.2 Å². The minimum atomic E-state index is -0.0451. The Morgan fingerprint density at radius 2 is 0.466 bits per heavy atom. The van der Waals surface area contributed by atoms with Gasteiger partial charge in [0.2, 0.25) is 0 Å². The monoisotopic (exact) mass is 1910 g/mol. The molecule has 0 amide bonds. The molecule has 0 aliphatic heterocycles. The maximum atomic E-state index is 2.58. The molecule has 3 heteroatoms. The minimum absolute atomic E-state index is 0.0389. The Hall–Kier alpha value is -11.8. The predicted octanol–water partition coefficient (Wildman–Crippen LogP) is 39.9. The van der Waals surface area contributed by atoms with Crippen LogP contribution in [0, 0.1) is 53.3 Å². The first-order chi connectivity index (χ1) is 71.3. The van der Waals surface area contributed by atoms with Crippen LogP contribution in [0.2, 0.25) is 0 Å². The van der Waals surface area contributed by atoms with Gasteiger partial charge >= 0.3 is 0 Å². The highest BCUT2D eigenvalue weighted by atomic mass is 15.2. The van der Waals surface area contributed by atoms with Crippen LogP contribution in [-0.2, 0) is 32.5 Å². The van der Waals surface area contributed by atoms with E-state index < -0.39 is 0 Å². The Balaban J connectivity index is 0.000000106. The second-order valence-corrected chi connectivity index (χ2v) is 51.7. The average Bonchev–Trinajstić information content (AvgIpc) is 1.23. The Bertz CT molecular complexity index is 7370. The molecule has 0 saturated heterocycles. The van der Waals surface area contributed by atoms with Crippen LogP contribution in [0.25, 0.3) is 66.1 Å². The zero-order valence-corrected chi connectivity index (χ0v) is 87.7. The van der Waals surface area contributed by atoms with Crippen LogP contribution in [0.5, 0.6) is 0 Å². The molecule has 33 rings (SSSR count). The topological polar surface area (TPSA) is 9.72 Å². The van der Waals surface area contributed by atoms with E-state index in [0.29, 0.717) is 16.2 Å². The Kier molecular flexibility index (Phi) is 22.6. The molecule has 15 aromatic carbocycles. The van der Waals surface area contributed by atoms with Crippen molar-refractivity contribution in [1.82, 2.24) is 0 Å². The predicted molar refractivity (Wildman–Crippen MR) is 614 cm³/mol. The summed E-state index contributed by atoms with van der Waals surface area (Å²) in [5, 5.41) is 5.16. The van der Waals surface area contributed by atoms with E-state index in [1.807, 2.05) is 0 Å². The number of nitrogens with zero attached hydrogens (tertiary/aromatic N) is 3. The van der Waals surface area contributed by atoms with Gasteiger partial charge in [0.1, 0.15) is 0 Å². The molecule has 0 heterocycles. The number of anilines is 9. The van der Waals surface area contributed by atoms with Crippen molar-refractivity contribution in [2.24, 2.45) is 53.3 Å². The smallest absolute Gasteiger partial charge is 0.0540 e. The largest absolute Gasteiger partial charge is 0.310 e. The molecule has 12 bridgehead atoms. The third-order valence-electron chi connectivity index (χ3n) is 41.6. The van der Waals surface area contributed by atoms with E-state index >= 15 is 0 Å². The van der Waals surface area contributed by atoms with E-state index in [-0.39, 0.29) is 16.2 Å². The minimum Gasteiger partial charge on any atom is -0.310 e. The van der Waals surface area contributed by atoms with Crippen molar-refractivity contribution < 1.29 is 0 Å². The summed E-state index contributed by atoms with van der Waals surface area (Å²) < 4.78 is 0. The van der Waals surface area contributed by atoms with E-state index in [4.69, 9.17) is 0 Å². The van der Waals surface area contributed by atoms with Gasteiger partial charge < -0.3 is 14.7 Å². The summed E-state index contributed by atoms with van der Waals surface area (Å²) in [6.45, 7) is 14.7. The maximum absolute atomic E-state index is 2.58. The number of hydrogen-bond donors (Lipinski definition) is 0. The summed E-state index contributed by atoms with van der Waals surface area (Å²) >= 11 is 0. The molecule has 0 spiro atoms. The lowest BCUT2D eigenvalue weighted by atomic mass is 9.48. The van der Waals surface area contributed by atoms with Crippen molar-refractivity contribution in [2.75, 3.05) is 14.7 Å². The fourth-order valence-electron chi connectivity index (χ4n) is 35.5. The van der Waals surface area contributed by atoms with Gasteiger partial charge in [0.05, 0.1) is 5.69 Å². The van der Waals surface area contributed by atoms with Gasteiger partial charge in [0.25, 0.3) is 0 Å². The van der Waals surface area contributed by atoms with Gasteiger partial charge in [-0.1, -0.05) is 318 Å². The number of benzene rings is 15. The van der Waals surface area contributed by atoms with Crippen LogP contribution < -0.4 is 14.7 Å². The molecule has 18 aliphatic carbocycles. The van der Waals surface area contributed by atoms with E-state index in [0.717, 1.165) is 71.0 Å². The fraction of sp³-hybridized carbons (Fsp3) is 0.399. The number of rotatable bonds is 16. The van der Waals surface area contributed by atoms with Gasteiger partial charge in [0.15, 0.2) is 0 Å². The highest BCUT2D eigenvalue weighted by molar-refractivity contribution is 6.00. The summed E-state index contributed by atoms with van der Waals surface area (Å²) in [6.07, 6.45) is 46.7. The summed E-state index contributed by atoms with van der Waals surface area (Å²) in [4.78, 5) is 7.56.